The topological polar surface area (TPSA) is 37.3 Å². The molecular weight excluding hydrogens is 80.0 g/mol. The fourth-order valence-corrected chi connectivity index (χ4v) is 0. The van der Waals surface area contributed by atoms with Crippen LogP contribution in [0.15, 0.2) is 0 Å². The average molecular weight is 92.1 g/mol. The van der Waals surface area contributed by atoms with Gasteiger partial charge in [0.15, 0.2) is 0 Å². The molecule has 0 aromatic carbocycles. The zero-order chi connectivity index (χ0) is 3.58. The molecule has 6 heavy (non-hydrogen) atoms. The molecule has 0 aliphatic carbocycles. The molecule has 0 saturated heterocycles. The molecule has 0 aliphatic rings. The summed E-state index contributed by atoms with van der Waals surface area (Å²) in [4.78, 5) is 9.00. The van der Waals surface area contributed by atoms with Crippen molar-refractivity contribution in [2.75, 3.05) is 0 Å². The molecule has 0 aromatic rings. The zero-order valence-electron chi connectivity index (χ0n) is 2.36. The van der Waals surface area contributed by atoms with E-state index in [1.54, 1.807) is 0 Å². The van der Waals surface area contributed by atoms with E-state index >= 15 is 0 Å². The summed E-state index contributed by atoms with van der Waals surface area (Å²) >= 11 is 0. The highest BCUT2D eigenvalue weighted by atomic mass is 16.4. The maximum atomic E-state index is 9.00. The fourth-order valence-electron chi connectivity index (χ4n) is 0. The molecule has 0 heterocycles. The van der Waals surface area contributed by atoms with Gasteiger partial charge in [-0.1, -0.05) is 14.9 Å². The summed E-state index contributed by atoms with van der Waals surface area (Å²) in [5.41, 5.74) is 0. The van der Waals surface area contributed by atoms with Crippen LogP contribution in [0.4, 0.5) is 0 Å². The lowest BCUT2D eigenvalue weighted by atomic mass is 10.9. The standard InChI is InChI=1S/C2H4O2.2CH4/c1-2(3)4;;/h1H3,(H,3,4);2*1H4. The van der Waals surface area contributed by atoms with Gasteiger partial charge in [0.2, 0.25) is 0 Å². The summed E-state index contributed by atoms with van der Waals surface area (Å²) in [6.07, 6.45) is 0. The van der Waals surface area contributed by atoms with Crippen molar-refractivity contribution in [1.29, 1.82) is 0 Å². The maximum absolute atomic E-state index is 9.00. The lowest BCUT2D eigenvalue weighted by Gasteiger charge is -1.59. The van der Waals surface area contributed by atoms with Crippen molar-refractivity contribution < 1.29 is 9.90 Å². The SMILES string of the molecule is C.C.CC(=O)O. The van der Waals surface area contributed by atoms with Crippen LogP contribution in [0, 0.1) is 0 Å². The van der Waals surface area contributed by atoms with Crippen LogP contribution in [0.5, 0.6) is 0 Å². The minimum absolute atomic E-state index is 0. The van der Waals surface area contributed by atoms with Crippen LogP contribution in [0.3, 0.4) is 0 Å². The minimum atomic E-state index is -0.833. The van der Waals surface area contributed by atoms with Crippen LogP contribution in [0.25, 0.3) is 0 Å². The molecule has 0 fully saturated rings. The molecule has 2 nitrogen and oxygen atoms in total. The van der Waals surface area contributed by atoms with Gasteiger partial charge in [0.05, 0.1) is 0 Å². The average Bonchev–Trinajstić information content (AvgIpc) is 0.811. The summed E-state index contributed by atoms with van der Waals surface area (Å²) in [5, 5.41) is 7.42. The van der Waals surface area contributed by atoms with Gasteiger partial charge in [0.1, 0.15) is 0 Å². The molecular formula is C4H12O2. The molecule has 0 unspecified atom stereocenters. The molecule has 0 aliphatic heterocycles. The highest BCUT2D eigenvalue weighted by molar-refractivity contribution is 5.62. The van der Waals surface area contributed by atoms with Crippen LogP contribution in [-0.4, -0.2) is 11.1 Å². The molecule has 0 saturated carbocycles. The Morgan fingerprint density at radius 2 is 1.50 bits per heavy atom. The first-order valence-electron chi connectivity index (χ1n) is 0.928. The van der Waals surface area contributed by atoms with Gasteiger partial charge in [-0.25, -0.2) is 0 Å². The molecule has 0 amide bonds. The first-order valence-corrected chi connectivity index (χ1v) is 0.928. The molecule has 0 atom stereocenters. The summed E-state index contributed by atoms with van der Waals surface area (Å²) in [6.45, 7) is 1.08. The van der Waals surface area contributed by atoms with Gasteiger partial charge in [0, 0.05) is 6.92 Å². The molecule has 0 rings (SSSR count). The van der Waals surface area contributed by atoms with Gasteiger partial charge in [0.25, 0.3) is 5.97 Å². The van der Waals surface area contributed by atoms with Crippen molar-refractivity contribution in [1.82, 2.24) is 0 Å². The third kappa shape index (κ3) is 75.4. The first-order chi connectivity index (χ1) is 1.73. The number of rotatable bonds is 0. The Kier molecular flexibility index (Phi) is 26.3. The summed E-state index contributed by atoms with van der Waals surface area (Å²) in [6, 6.07) is 0. The number of hydrogen-bond acceptors (Lipinski definition) is 1. The molecule has 1 N–H and O–H groups in total. The van der Waals surface area contributed by atoms with Gasteiger partial charge in [-0.3, -0.25) is 4.79 Å². The van der Waals surface area contributed by atoms with E-state index in [1.165, 1.54) is 0 Å². The second kappa shape index (κ2) is 8.82. The van der Waals surface area contributed by atoms with E-state index in [0.29, 0.717) is 0 Å². The Hall–Kier alpha value is -0.530. The third-order valence-corrected chi connectivity index (χ3v) is 0. The van der Waals surface area contributed by atoms with Crippen molar-refractivity contribution >= 4 is 5.97 Å². The van der Waals surface area contributed by atoms with Gasteiger partial charge < -0.3 is 5.11 Å². The van der Waals surface area contributed by atoms with Crippen LogP contribution >= 0.6 is 0 Å². The Morgan fingerprint density at radius 1 is 1.50 bits per heavy atom. The summed E-state index contributed by atoms with van der Waals surface area (Å²) in [5.74, 6) is -0.833. The second-order valence-electron chi connectivity index (χ2n) is 0.519. The predicted octanol–water partition coefficient (Wildman–Crippen LogP) is 1.36. The number of carbonyl (C=O) groups is 1. The van der Waals surface area contributed by atoms with Crippen LogP contribution in [-0.2, 0) is 4.79 Å². The Bertz CT molecular complexity index is 28.5. The summed E-state index contributed by atoms with van der Waals surface area (Å²) in [7, 11) is 0. The highest BCUT2D eigenvalue weighted by Gasteiger charge is 1.65. The van der Waals surface area contributed by atoms with Gasteiger partial charge >= 0.3 is 0 Å². The number of carboxylic acid groups (broad SMARTS) is 1. The normalized spacial score (nSPS) is 4.17. The number of carboxylic acids is 1. The molecule has 2 heteroatoms. The summed E-state index contributed by atoms with van der Waals surface area (Å²) < 4.78 is 0. The quantitative estimate of drug-likeness (QED) is 0.490. The van der Waals surface area contributed by atoms with E-state index in [2.05, 4.69) is 0 Å². The maximum Gasteiger partial charge on any atom is 0.300 e. The van der Waals surface area contributed by atoms with Crippen LogP contribution in [0.2, 0.25) is 0 Å². The molecule has 0 radical (unpaired) electrons. The Morgan fingerprint density at radius 3 is 1.50 bits per heavy atom. The van der Waals surface area contributed by atoms with E-state index in [-0.39, 0.29) is 14.9 Å². The smallest absolute Gasteiger partial charge is 0.300 e. The Balaban J connectivity index is -0.0000000450. The van der Waals surface area contributed by atoms with E-state index < -0.39 is 5.97 Å². The number of aliphatic carboxylic acids is 1. The van der Waals surface area contributed by atoms with Crippen molar-refractivity contribution in [3.05, 3.63) is 0 Å². The monoisotopic (exact) mass is 92.1 g/mol. The van der Waals surface area contributed by atoms with E-state index in [4.69, 9.17) is 9.90 Å². The molecule has 40 valence electrons. The fraction of sp³-hybridized carbons (Fsp3) is 0.750. The van der Waals surface area contributed by atoms with E-state index in [9.17, 15) is 0 Å². The van der Waals surface area contributed by atoms with E-state index in [1.807, 2.05) is 0 Å². The molecule has 0 bridgehead atoms. The van der Waals surface area contributed by atoms with Crippen molar-refractivity contribution in [2.45, 2.75) is 21.8 Å². The minimum Gasteiger partial charge on any atom is -0.481 e. The largest absolute Gasteiger partial charge is 0.481 e. The lowest BCUT2D eigenvalue weighted by molar-refractivity contribution is -0.134. The van der Waals surface area contributed by atoms with Gasteiger partial charge in [-0.15, -0.1) is 0 Å². The first kappa shape index (κ1) is 17.9. The second-order valence-corrected chi connectivity index (χ2v) is 0.519. The third-order valence-electron chi connectivity index (χ3n) is 0. The predicted molar refractivity (Wildman–Crippen MR) is 26.8 cm³/mol. The molecule has 0 spiro atoms. The lowest BCUT2D eigenvalue weighted by Crippen LogP contribution is -1.78. The van der Waals surface area contributed by atoms with Crippen molar-refractivity contribution in [2.24, 2.45) is 0 Å². The van der Waals surface area contributed by atoms with Crippen LogP contribution < -0.4 is 0 Å². The van der Waals surface area contributed by atoms with Crippen molar-refractivity contribution in [3.63, 3.8) is 0 Å². The highest BCUT2D eigenvalue weighted by Crippen LogP contribution is 1.42. The molecule has 0 aromatic heterocycles. The van der Waals surface area contributed by atoms with Gasteiger partial charge in [-0.05, 0) is 0 Å². The zero-order valence-corrected chi connectivity index (χ0v) is 2.36. The Labute approximate surface area is 38.8 Å². The number of hydrogen-bond donors (Lipinski definition) is 1. The van der Waals surface area contributed by atoms with E-state index in [0.717, 1.165) is 6.92 Å². The van der Waals surface area contributed by atoms with Gasteiger partial charge in [-0.2, -0.15) is 0 Å². The van der Waals surface area contributed by atoms with Crippen LogP contribution in [0.1, 0.15) is 21.8 Å². The van der Waals surface area contributed by atoms with Crippen molar-refractivity contribution in [3.8, 4) is 0 Å².